The van der Waals surface area contributed by atoms with Crippen LogP contribution >= 0.6 is 0 Å². The minimum atomic E-state index is -0.928. The first-order valence-electron chi connectivity index (χ1n) is 12.6. The molecule has 202 valence electrons. The van der Waals surface area contributed by atoms with Gasteiger partial charge in [0.25, 0.3) is 5.91 Å². The fourth-order valence-corrected chi connectivity index (χ4v) is 4.11. The zero-order valence-corrected chi connectivity index (χ0v) is 23.5. The van der Waals surface area contributed by atoms with E-state index in [2.05, 4.69) is 10.6 Å². The Morgan fingerprint density at radius 1 is 1.00 bits per heavy atom. The van der Waals surface area contributed by atoms with Gasteiger partial charge in [0.2, 0.25) is 5.91 Å². The fourth-order valence-electron chi connectivity index (χ4n) is 4.11. The van der Waals surface area contributed by atoms with Crippen LogP contribution in [0.5, 0.6) is 5.75 Å². The largest absolute Gasteiger partial charge is 0.497 e. The number of nitrogens with zero attached hydrogens (tertiary/aromatic N) is 1. The summed E-state index contributed by atoms with van der Waals surface area (Å²) >= 11 is 0. The Morgan fingerprint density at radius 2 is 1.57 bits per heavy atom. The third kappa shape index (κ3) is 7.97. The summed E-state index contributed by atoms with van der Waals surface area (Å²) in [6.45, 7) is 13.0. The van der Waals surface area contributed by atoms with Gasteiger partial charge in [0.1, 0.15) is 23.4 Å². The quantitative estimate of drug-likeness (QED) is 0.471. The van der Waals surface area contributed by atoms with Crippen molar-refractivity contribution >= 4 is 23.6 Å². The third-order valence-corrected chi connectivity index (χ3v) is 6.31. The third-order valence-electron chi connectivity index (χ3n) is 6.31. The van der Waals surface area contributed by atoms with Gasteiger partial charge in [-0.05, 0) is 81.5 Å². The topological polar surface area (TPSA) is 97.0 Å². The lowest BCUT2D eigenvalue weighted by atomic mass is 9.92. The number of aryl methyl sites for hydroxylation is 2. The minimum absolute atomic E-state index is 0.189. The van der Waals surface area contributed by atoms with Crippen LogP contribution in [0, 0.1) is 19.8 Å². The maximum Gasteiger partial charge on any atom is 0.408 e. The van der Waals surface area contributed by atoms with E-state index in [1.54, 1.807) is 59.2 Å². The summed E-state index contributed by atoms with van der Waals surface area (Å²) in [7, 11) is 3.17. The van der Waals surface area contributed by atoms with Gasteiger partial charge in [-0.15, -0.1) is 0 Å². The predicted octanol–water partition coefficient (Wildman–Crippen LogP) is 5.39. The molecule has 2 N–H and O–H groups in total. The van der Waals surface area contributed by atoms with E-state index >= 15 is 0 Å². The number of ether oxygens (including phenoxy) is 2. The lowest BCUT2D eigenvalue weighted by Crippen LogP contribution is -2.53. The van der Waals surface area contributed by atoms with E-state index in [-0.39, 0.29) is 17.7 Å². The highest BCUT2D eigenvalue weighted by atomic mass is 16.6. The second kappa shape index (κ2) is 12.6. The lowest BCUT2D eigenvalue weighted by Gasteiger charge is -2.34. The summed E-state index contributed by atoms with van der Waals surface area (Å²) in [6.07, 6.45) is -0.0301. The predicted molar refractivity (Wildman–Crippen MR) is 146 cm³/mol. The number of hydrogen-bond acceptors (Lipinski definition) is 5. The van der Waals surface area contributed by atoms with Gasteiger partial charge < -0.3 is 25.0 Å². The number of alkyl carbamates (subject to hydrolysis) is 1. The first kappa shape index (κ1) is 29.7. The van der Waals surface area contributed by atoms with Crippen molar-refractivity contribution in [2.45, 2.75) is 72.6 Å². The summed E-state index contributed by atoms with van der Waals surface area (Å²) in [5.74, 6) is -0.261. The van der Waals surface area contributed by atoms with E-state index in [1.165, 1.54) is 4.90 Å². The molecular weight excluding hydrogens is 470 g/mol. The van der Waals surface area contributed by atoms with Gasteiger partial charge in [0, 0.05) is 12.7 Å². The molecular formula is C29H41N3O5. The maximum absolute atomic E-state index is 13.9. The van der Waals surface area contributed by atoms with E-state index in [9.17, 15) is 14.4 Å². The summed E-state index contributed by atoms with van der Waals surface area (Å²) in [5, 5.41) is 5.68. The molecule has 2 rings (SSSR count). The first-order chi connectivity index (χ1) is 17.3. The van der Waals surface area contributed by atoms with Gasteiger partial charge in [0.15, 0.2) is 0 Å². The highest BCUT2D eigenvalue weighted by Gasteiger charge is 2.37. The molecule has 0 aliphatic rings. The van der Waals surface area contributed by atoms with Crippen LogP contribution in [0.4, 0.5) is 10.5 Å². The molecule has 8 heteroatoms. The smallest absolute Gasteiger partial charge is 0.408 e. The normalized spacial score (nSPS) is 13.6. The van der Waals surface area contributed by atoms with Crippen molar-refractivity contribution in [3.05, 3.63) is 59.2 Å². The molecule has 0 bridgehead atoms. The number of hydrogen-bond donors (Lipinski definition) is 2. The molecule has 8 nitrogen and oxygen atoms in total. The van der Waals surface area contributed by atoms with Crippen LogP contribution in [-0.4, -0.2) is 48.6 Å². The van der Waals surface area contributed by atoms with Crippen LogP contribution in [0.15, 0.2) is 42.5 Å². The lowest BCUT2D eigenvalue weighted by molar-refractivity contribution is -0.140. The van der Waals surface area contributed by atoms with E-state index in [0.29, 0.717) is 17.9 Å². The minimum Gasteiger partial charge on any atom is -0.497 e. The van der Waals surface area contributed by atoms with Crippen LogP contribution in [0.2, 0.25) is 0 Å². The Hall–Kier alpha value is -3.55. The van der Waals surface area contributed by atoms with E-state index in [0.717, 1.165) is 16.7 Å². The highest BCUT2D eigenvalue weighted by molar-refractivity contribution is 5.99. The Kier molecular flexibility index (Phi) is 10.1. The summed E-state index contributed by atoms with van der Waals surface area (Å²) in [4.78, 5) is 41.6. The van der Waals surface area contributed by atoms with Crippen molar-refractivity contribution in [1.29, 1.82) is 0 Å². The Morgan fingerprint density at radius 3 is 2.05 bits per heavy atom. The first-order valence-corrected chi connectivity index (χ1v) is 12.6. The average molecular weight is 512 g/mol. The molecule has 3 atom stereocenters. The molecule has 0 heterocycles. The summed E-state index contributed by atoms with van der Waals surface area (Å²) < 4.78 is 10.6. The number of benzene rings is 2. The number of anilines is 1. The summed E-state index contributed by atoms with van der Waals surface area (Å²) in [6, 6.07) is 10.9. The Bertz CT molecular complexity index is 1070. The average Bonchev–Trinajstić information content (AvgIpc) is 2.82. The maximum atomic E-state index is 13.9. The second-order valence-electron chi connectivity index (χ2n) is 10.4. The monoisotopic (exact) mass is 511 g/mol. The van der Waals surface area contributed by atoms with Gasteiger partial charge in [-0.1, -0.05) is 38.5 Å². The number of amides is 3. The molecule has 0 spiro atoms. The standard InChI is InChI=1S/C29H41N3O5/c1-10-18(2)24(31-28(35)37-29(5,6)7)27(34)32(8)25(23-19(3)12-11-13-20(23)4)26(33)30-21-14-16-22(36-9)17-15-21/h11-18,24-25H,10H2,1-9H3,(H,30,33)(H,31,35). The van der Waals surface area contributed by atoms with Gasteiger partial charge >= 0.3 is 6.09 Å². The Balaban J connectivity index is 2.46. The van der Waals surface area contributed by atoms with Crippen LogP contribution < -0.4 is 15.4 Å². The van der Waals surface area contributed by atoms with Crippen LogP contribution in [0.25, 0.3) is 0 Å². The van der Waals surface area contributed by atoms with Gasteiger partial charge in [-0.2, -0.15) is 0 Å². The summed E-state index contributed by atoms with van der Waals surface area (Å²) in [5.41, 5.74) is 2.38. The molecule has 0 aliphatic carbocycles. The number of methoxy groups -OCH3 is 1. The Labute approximate surface area is 220 Å². The van der Waals surface area contributed by atoms with E-state index in [4.69, 9.17) is 9.47 Å². The molecule has 0 fully saturated rings. The second-order valence-corrected chi connectivity index (χ2v) is 10.4. The van der Waals surface area contributed by atoms with Crippen molar-refractivity contribution < 1.29 is 23.9 Å². The molecule has 0 saturated carbocycles. The number of rotatable bonds is 9. The fraction of sp³-hybridized carbons (Fsp3) is 0.483. The zero-order chi connectivity index (χ0) is 27.9. The van der Waals surface area contributed by atoms with Crippen molar-refractivity contribution in [2.24, 2.45) is 5.92 Å². The van der Waals surface area contributed by atoms with Crippen LogP contribution in [-0.2, 0) is 14.3 Å². The van der Waals surface area contributed by atoms with Gasteiger partial charge in [0.05, 0.1) is 7.11 Å². The highest BCUT2D eigenvalue weighted by Crippen LogP contribution is 2.29. The molecule has 3 unspecified atom stereocenters. The SMILES string of the molecule is CCC(C)C(NC(=O)OC(C)(C)C)C(=O)N(C)C(C(=O)Nc1ccc(OC)cc1)c1c(C)cccc1C. The molecule has 3 amide bonds. The van der Waals surface area contributed by atoms with Crippen LogP contribution in [0.3, 0.4) is 0 Å². The molecule has 37 heavy (non-hydrogen) atoms. The molecule has 2 aromatic rings. The van der Waals surface area contributed by atoms with Gasteiger partial charge in [-0.25, -0.2) is 4.79 Å². The number of nitrogens with one attached hydrogen (secondary N) is 2. The molecule has 0 radical (unpaired) electrons. The number of carbonyl (C=O) groups excluding carboxylic acids is 3. The van der Waals surface area contributed by atoms with Crippen LogP contribution in [0.1, 0.15) is 63.8 Å². The van der Waals surface area contributed by atoms with E-state index in [1.807, 2.05) is 45.9 Å². The van der Waals surface area contributed by atoms with Crippen molar-refractivity contribution in [3.63, 3.8) is 0 Å². The van der Waals surface area contributed by atoms with Crippen molar-refractivity contribution in [1.82, 2.24) is 10.2 Å². The molecule has 0 saturated heterocycles. The molecule has 2 aromatic carbocycles. The number of carbonyl (C=O) groups is 3. The number of likely N-dealkylation sites (N-methyl/N-ethyl adjacent to an activating group) is 1. The van der Waals surface area contributed by atoms with Gasteiger partial charge in [-0.3, -0.25) is 9.59 Å². The van der Waals surface area contributed by atoms with E-state index < -0.39 is 23.8 Å². The zero-order valence-electron chi connectivity index (χ0n) is 23.5. The van der Waals surface area contributed by atoms with Crippen molar-refractivity contribution in [2.75, 3.05) is 19.5 Å². The van der Waals surface area contributed by atoms with Crippen molar-refractivity contribution in [3.8, 4) is 5.75 Å². The molecule has 0 aromatic heterocycles. The molecule has 0 aliphatic heterocycles.